The van der Waals surface area contributed by atoms with E-state index in [0.29, 0.717) is 5.78 Å². The van der Waals surface area contributed by atoms with E-state index in [4.69, 9.17) is 0 Å². The molecule has 0 radical (unpaired) electrons. The van der Waals surface area contributed by atoms with Crippen molar-refractivity contribution in [3.8, 4) is 0 Å². The summed E-state index contributed by atoms with van der Waals surface area (Å²) in [6, 6.07) is 0. The quantitative estimate of drug-likeness (QED) is 0.732. The van der Waals surface area contributed by atoms with Gasteiger partial charge in [-0.05, 0) is 74.9 Å². The van der Waals surface area contributed by atoms with Crippen LogP contribution in [0.15, 0.2) is 6.33 Å². The summed E-state index contributed by atoms with van der Waals surface area (Å²) in [5, 5.41) is 4.38. The lowest BCUT2D eigenvalue weighted by Gasteiger charge is -2.23. The van der Waals surface area contributed by atoms with Crippen LogP contribution in [0.25, 0.3) is 5.78 Å². The second-order valence-corrected chi connectivity index (χ2v) is 7.15. The lowest BCUT2D eigenvalue weighted by atomic mass is 9.86. The van der Waals surface area contributed by atoms with Crippen LogP contribution < -0.4 is 4.90 Å². The van der Waals surface area contributed by atoms with Gasteiger partial charge in [-0.1, -0.05) is 0 Å². The van der Waals surface area contributed by atoms with E-state index in [9.17, 15) is 0 Å². The fourth-order valence-corrected chi connectivity index (χ4v) is 3.65. The number of benzene rings is 1. The normalized spacial score (nSPS) is 11.4. The minimum Gasteiger partial charge on any atom is -0.362 e. The number of fused-ring (bicyclic) bond motifs is 1. The van der Waals surface area contributed by atoms with Crippen LogP contribution >= 0.6 is 0 Å². The molecule has 0 aliphatic rings. The molecule has 1 aromatic carbocycles. The summed E-state index contributed by atoms with van der Waals surface area (Å²) in [5.74, 6) is 1.70. The zero-order chi connectivity index (χ0) is 18.5. The predicted octanol–water partition coefficient (Wildman–Crippen LogP) is 3.63. The zero-order valence-corrected chi connectivity index (χ0v) is 16.5. The Hall–Kier alpha value is -2.43. The van der Waals surface area contributed by atoms with Crippen LogP contribution in [0.3, 0.4) is 0 Å². The van der Waals surface area contributed by atoms with Gasteiger partial charge in [0.1, 0.15) is 12.1 Å². The van der Waals surface area contributed by atoms with Crippen molar-refractivity contribution in [1.82, 2.24) is 19.6 Å². The SMILES string of the molecule is Cc1nc2ncnn2c(N(C)C)c1Cc1c(C)c(C)c(C)c(C)c1C. The van der Waals surface area contributed by atoms with E-state index in [1.807, 2.05) is 18.6 Å². The van der Waals surface area contributed by atoms with Gasteiger partial charge in [0.15, 0.2) is 0 Å². The Bertz CT molecular complexity index is 937. The molecule has 2 heterocycles. The smallest absolute Gasteiger partial charge is 0.254 e. The molecular formula is C20H27N5. The number of hydrogen-bond acceptors (Lipinski definition) is 4. The largest absolute Gasteiger partial charge is 0.362 e. The van der Waals surface area contributed by atoms with Crippen molar-refractivity contribution in [2.75, 3.05) is 19.0 Å². The molecule has 25 heavy (non-hydrogen) atoms. The Kier molecular flexibility index (Phi) is 4.27. The first-order chi connectivity index (χ1) is 11.7. The number of rotatable bonds is 3. The van der Waals surface area contributed by atoms with Gasteiger partial charge in [0.05, 0.1) is 0 Å². The molecule has 0 N–H and O–H groups in total. The van der Waals surface area contributed by atoms with Crippen LogP contribution in [0.4, 0.5) is 5.82 Å². The lowest BCUT2D eigenvalue weighted by Crippen LogP contribution is -2.19. The zero-order valence-electron chi connectivity index (χ0n) is 16.5. The maximum Gasteiger partial charge on any atom is 0.254 e. The number of nitrogens with zero attached hydrogens (tertiary/aromatic N) is 5. The molecule has 3 aromatic rings. The minimum atomic E-state index is 0.648. The molecule has 0 unspecified atom stereocenters. The van der Waals surface area contributed by atoms with Crippen LogP contribution in [0.2, 0.25) is 0 Å². The summed E-state index contributed by atoms with van der Waals surface area (Å²) < 4.78 is 1.83. The van der Waals surface area contributed by atoms with Gasteiger partial charge in [-0.15, -0.1) is 0 Å². The molecule has 132 valence electrons. The van der Waals surface area contributed by atoms with Crippen molar-refractivity contribution >= 4 is 11.6 Å². The molecule has 0 aliphatic carbocycles. The Balaban J connectivity index is 2.26. The van der Waals surface area contributed by atoms with Gasteiger partial charge in [0.2, 0.25) is 0 Å². The van der Waals surface area contributed by atoms with E-state index in [1.54, 1.807) is 6.33 Å². The molecule has 0 saturated heterocycles. The average molecular weight is 337 g/mol. The van der Waals surface area contributed by atoms with Crippen molar-refractivity contribution < 1.29 is 0 Å². The first-order valence-corrected chi connectivity index (χ1v) is 8.66. The highest BCUT2D eigenvalue weighted by Crippen LogP contribution is 2.31. The molecule has 0 bridgehead atoms. The van der Waals surface area contributed by atoms with Crippen molar-refractivity contribution in [3.63, 3.8) is 0 Å². The monoisotopic (exact) mass is 337 g/mol. The first-order valence-electron chi connectivity index (χ1n) is 8.66. The fourth-order valence-electron chi connectivity index (χ4n) is 3.65. The first kappa shape index (κ1) is 17.4. The van der Waals surface area contributed by atoms with Gasteiger partial charge in [0.25, 0.3) is 5.78 Å². The highest BCUT2D eigenvalue weighted by atomic mass is 15.4. The third-order valence-electron chi connectivity index (χ3n) is 5.64. The highest BCUT2D eigenvalue weighted by Gasteiger charge is 2.20. The van der Waals surface area contributed by atoms with E-state index < -0.39 is 0 Å². The van der Waals surface area contributed by atoms with Crippen LogP contribution in [0, 0.1) is 41.5 Å². The van der Waals surface area contributed by atoms with Gasteiger partial charge in [0, 0.05) is 31.8 Å². The van der Waals surface area contributed by atoms with Crippen molar-refractivity contribution in [1.29, 1.82) is 0 Å². The van der Waals surface area contributed by atoms with E-state index in [1.165, 1.54) is 38.9 Å². The van der Waals surface area contributed by atoms with Crippen LogP contribution in [0.5, 0.6) is 0 Å². The summed E-state index contributed by atoms with van der Waals surface area (Å²) in [6.45, 7) is 13.2. The molecule has 0 saturated carbocycles. The molecule has 0 aliphatic heterocycles. The lowest BCUT2D eigenvalue weighted by molar-refractivity contribution is 0.860. The summed E-state index contributed by atoms with van der Waals surface area (Å²) >= 11 is 0. The van der Waals surface area contributed by atoms with Gasteiger partial charge < -0.3 is 4.90 Å². The molecule has 0 fully saturated rings. The van der Waals surface area contributed by atoms with E-state index >= 15 is 0 Å². The Morgan fingerprint density at radius 3 is 1.96 bits per heavy atom. The third kappa shape index (κ3) is 2.68. The maximum absolute atomic E-state index is 4.66. The highest BCUT2D eigenvalue weighted by molar-refractivity contribution is 5.58. The second-order valence-electron chi connectivity index (χ2n) is 7.15. The number of anilines is 1. The van der Waals surface area contributed by atoms with E-state index in [0.717, 1.165) is 17.9 Å². The number of hydrogen-bond donors (Lipinski definition) is 0. The van der Waals surface area contributed by atoms with Gasteiger partial charge >= 0.3 is 0 Å². The molecule has 0 spiro atoms. The van der Waals surface area contributed by atoms with Crippen molar-refractivity contribution in [2.24, 2.45) is 0 Å². The van der Waals surface area contributed by atoms with Gasteiger partial charge in [-0.3, -0.25) is 0 Å². The van der Waals surface area contributed by atoms with Crippen LogP contribution in [0.1, 0.15) is 44.6 Å². The summed E-state index contributed by atoms with van der Waals surface area (Å²) in [7, 11) is 4.09. The summed E-state index contributed by atoms with van der Waals surface area (Å²) in [4.78, 5) is 11.0. The summed E-state index contributed by atoms with van der Waals surface area (Å²) in [6.07, 6.45) is 2.41. The van der Waals surface area contributed by atoms with Crippen LogP contribution in [-0.2, 0) is 6.42 Å². The van der Waals surface area contributed by atoms with Gasteiger partial charge in [-0.25, -0.2) is 4.98 Å². The molecular weight excluding hydrogens is 310 g/mol. The molecule has 5 heteroatoms. The van der Waals surface area contributed by atoms with Crippen LogP contribution in [-0.4, -0.2) is 33.7 Å². The fraction of sp³-hybridized carbons (Fsp3) is 0.450. The molecule has 5 nitrogen and oxygen atoms in total. The molecule has 0 amide bonds. The summed E-state index contributed by atoms with van der Waals surface area (Å²) in [5.41, 5.74) is 10.5. The maximum atomic E-state index is 4.66. The second kappa shape index (κ2) is 6.14. The Labute approximate surface area is 149 Å². The standard InChI is InChI=1S/C20H27N5/c1-11-12(2)14(4)17(15(5)13(11)3)9-18-16(6)23-20-21-10-22-25(20)19(18)24(7)8/h10H,9H2,1-8H3. The average Bonchev–Trinajstić information content (AvgIpc) is 3.02. The molecule has 2 aromatic heterocycles. The number of aryl methyl sites for hydroxylation is 1. The Morgan fingerprint density at radius 2 is 1.40 bits per heavy atom. The third-order valence-corrected chi connectivity index (χ3v) is 5.64. The molecule has 3 rings (SSSR count). The minimum absolute atomic E-state index is 0.648. The predicted molar refractivity (Wildman–Crippen MR) is 103 cm³/mol. The Morgan fingerprint density at radius 1 is 0.840 bits per heavy atom. The van der Waals surface area contributed by atoms with Gasteiger partial charge in [-0.2, -0.15) is 14.6 Å². The molecule has 0 atom stereocenters. The van der Waals surface area contributed by atoms with E-state index in [-0.39, 0.29) is 0 Å². The number of aromatic nitrogens is 4. The topological polar surface area (TPSA) is 46.3 Å². The van der Waals surface area contributed by atoms with Crippen molar-refractivity contribution in [3.05, 3.63) is 51.0 Å². The van der Waals surface area contributed by atoms with E-state index in [2.05, 4.69) is 61.5 Å². The van der Waals surface area contributed by atoms with Crippen molar-refractivity contribution in [2.45, 2.75) is 48.0 Å².